The largest absolute Gasteiger partial charge is 0.497 e. The number of methoxy groups -OCH3 is 1. The van der Waals surface area contributed by atoms with E-state index in [1.54, 1.807) is 15.9 Å². The number of hydrogen-bond donors (Lipinski definition) is 0. The van der Waals surface area contributed by atoms with Crippen LogP contribution in [0.4, 0.5) is 23.7 Å². The minimum Gasteiger partial charge on any atom is -0.497 e. The molecule has 6 rings (SSSR count). The van der Waals surface area contributed by atoms with E-state index < -0.39 is 29.4 Å². The summed E-state index contributed by atoms with van der Waals surface area (Å²) in [4.78, 5) is 45.8. The van der Waals surface area contributed by atoms with Crippen LogP contribution < -0.4 is 9.64 Å². The quantitative estimate of drug-likeness (QED) is 0.270. The van der Waals surface area contributed by atoms with Crippen molar-refractivity contribution < 1.29 is 37.0 Å². The molecule has 2 atom stereocenters. The summed E-state index contributed by atoms with van der Waals surface area (Å²) in [6, 6.07) is 11.5. The van der Waals surface area contributed by atoms with Gasteiger partial charge in [-0.2, -0.15) is 18.3 Å². The minimum absolute atomic E-state index is 0.00872. The second-order valence-electron chi connectivity index (χ2n) is 13.5. The highest BCUT2D eigenvalue weighted by Gasteiger charge is 2.45. The van der Waals surface area contributed by atoms with Gasteiger partial charge >= 0.3 is 12.3 Å². The summed E-state index contributed by atoms with van der Waals surface area (Å²) in [5.41, 5.74) is 0.127. The Morgan fingerprint density at radius 1 is 0.980 bits per heavy atom. The van der Waals surface area contributed by atoms with Gasteiger partial charge in [0.05, 0.1) is 24.6 Å². The number of rotatable bonds is 9. The van der Waals surface area contributed by atoms with E-state index in [9.17, 15) is 27.6 Å². The number of benzene rings is 2. The molecule has 274 valence electrons. The van der Waals surface area contributed by atoms with E-state index in [4.69, 9.17) is 21.1 Å². The number of fused-ring (bicyclic) bond motifs is 1. The van der Waals surface area contributed by atoms with Crippen LogP contribution in [-0.4, -0.2) is 108 Å². The first-order valence-corrected chi connectivity index (χ1v) is 17.5. The van der Waals surface area contributed by atoms with Crippen LogP contribution in [0, 0.1) is 18.8 Å². The molecular formula is C36H42ClF3N6O5. The van der Waals surface area contributed by atoms with Gasteiger partial charge in [-0.05, 0) is 73.7 Å². The summed E-state index contributed by atoms with van der Waals surface area (Å²) in [5.74, 6) is 0.0640. The van der Waals surface area contributed by atoms with Crippen molar-refractivity contribution in [1.29, 1.82) is 0 Å². The van der Waals surface area contributed by atoms with Crippen molar-refractivity contribution in [3.8, 4) is 11.4 Å². The van der Waals surface area contributed by atoms with Crippen LogP contribution in [0.25, 0.3) is 5.69 Å². The van der Waals surface area contributed by atoms with Crippen LogP contribution in [0.15, 0.2) is 48.7 Å². The molecule has 1 aromatic heterocycles. The van der Waals surface area contributed by atoms with Crippen molar-refractivity contribution in [2.45, 2.75) is 45.4 Å². The number of hydrogen-bond acceptors (Lipinski definition) is 7. The van der Waals surface area contributed by atoms with Gasteiger partial charge in [0, 0.05) is 76.3 Å². The molecule has 2 aromatic carbocycles. The minimum atomic E-state index is -4.80. The fourth-order valence-electron chi connectivity index (χ4n) is 7.33. The van der Waals surface area contributed by atoms with E-state index in [0.29, 0.717) is 88.1 Å². The van der Waals surface area contributed by atoms with Crippen molar-refractivity contribution in [2.24, 2.45) is 11.8 Å². The lowest BCUT2D eigenvalue weighted by Crippen LogP contribution is -2.43. The molecule has 3 saturated heterocycles. The van der Waals surface area contributed by atoms with Gasteiger partial charge in [0.25, 0.3) is 5.91 Å². The first-order chi connectivity index (χ1) is 24.3. The zero-order chi connectivity index (χ0) is 36.4. The maximum Gasteiger partial charge on any atom is 0.434 e. The Hall–Kier alpha value is -4.30. The predicted octanol–water partition coefficient (Wildman–Crippen LogP) is 5.91. The normalized spacial score (nSPS) is 19.7. The van der Waals surface area contributed by atoms with Gasteiger partial charge in [-0.25, -0.2) is 9.48 Å². The number of nitrogens with zero attached hydrogens (tertiary/aromatic N) is 6. The predicted molar refractivity (Wildman–Crippen MR) is 184 cm³/mol. The fourth-order valence-corrected chi connectivity index (χ4v) is 7.50. The first-order valence-electron chi connectivity index (χ1n) is 17.1. The van der Waals surface area contributed by atoms with Gasteiger partial charge in [-0.1, -0.05) is 17.7 Å². The number of carbonyl (C=O) groups excluding carboxylic acids is 3. The molecule has 3 aromatic rings. The van der Waals surface area contributed by atoms with E-state index in [-0.39, 0.29) is 29.5 Å². The third kappa shape index (κ3) is 8.12. The standard InChI is InChI=1S/C36H42ClF3N6O5/c1-23-5-6-28(17-32(23)37)45(35(49)51-30-11-15-43(16-12-30)24(2)47)14-4-13-42-19-25-21-44(22-26(25)20-42)34(48)31-18-41-46(33(31)36(38,39)40)27-7-9-29(50-3)10-8-27/h5-10,17-18,25-26,30H,4,11-16,19-22H2,1-3H3. The summed E-state index contributed by atoms with van der Waals surface area (Å²) in [6.45, 7) is 7.69. The number of carbonyl (C=O) groups is 3. The Labute approximate surface area is 299 Å². The number of piperidine rings is 1. The first kappa shape index (κ1) is 36.5. The Kier molecular flexibility index (Phi) is 10.8. The van der Waals surface area contributed by atoms with Crippen LogP contribution in [0.2, 0.25) is 5.02 Å². The lowest BCUT2D eigenvalue weighted by Gasteiger charge is -2.32. The van der Waals surface area contributed by atoms with Crippen LogP contribution in [0.1, 0.15) is 47.8 Å². The van der Waals surface area contributed by atoms with Gasteiger partial charge in [-0.3, -0.25) is 14.5 Å². The molecule has 3 fully saturated rings. The van der Waals surface area contributed by atoms with Gasteiger partial charge in [-0.15, -0.1) is 0 Å². The van der Waals surface area contributed by atoms with Crippen LogP contribution in [-0.2, 0) is 15.7 Å². The molecule has 11 nitrogen and oxygen atoms in total. The second-order valence-corrected chi connectivity index (χ2v) is 13.9. The fraction of sp³-hybridized carbons (Fsp3) is 0.500. The highest BCUT2D eigenvalue weighted by molar-refractivity contribution is 6.31. The molecule has 51 heavy (non-hydrogen) atoms. The molecule has 3 aliphatic heterocycles. The summed E-state index contributed by atoms with van der Waals surface area (Å²) >= 11 is 6.42. The van der Waals surface area contributed by atoms with Crippen molar-refractivity contribution in [3.05, 3.63) is 70.5 Å². The number of aryl methyl sites for hydroxylation is 1. The molecule has 3 amide bonds. The van der Waals surface area contributed by atoms with E-state index >= 15 is 0 Å². The van der Waals surface area contributed by atoms with Gasteiger partial charge in [0.2, 0.25) is 5.91 Å². The molecular weight excluding hydrogens is 689 g/mol. The molecule has 0 radical (unpaired) electrons. The molecule has 0 bridgehead atoms. The number of likely N-dealkylation sites (tertiary alicyclic amines) is 3. The molecule has 3 aliphatic rings. The maximum atomic E-state index is 14.3. The number of halogens is 4. The monoisotopic (exact) mass is 730 g/mol. The number of ether oxygens (including phenoxy) is 2. The Balaban J connectivity index is 1.05. The van der Waals surface area contributed by atoms with Gasteiger partial charge < -0.3 is 24.2 Å². The SMILES string of the molecule is COc1ccc(-n2ncc(C(=O)N3CC4CN(CCCN(C(=O)OC5CCN(C(C)=O)CC5)c5ccc(C)c(Cl)c5)CC4C3)c2C(F)(F)F)cc1. The summed E-state index contributed by atoms with van der Waals surface area (Å²) < 4.78 is 54.7. The average Bonchev–Trinajstić information content (AvgIpc) is 3.82. The molecule has 0 spiro atoms. The van der Waals surface area contributed by atoms with Crippen molar-refractivity contribution >= 4 is 35.2 Å². The lowest BCUT2D eigenvalue weighted by molar-refractivity contribution is -0.143. The molecule has 0 N–H and O–H groups in total. The number of anilines is 1. The smallest absolute Gasteiger partial charge is 0.434 e. The van der Waals surface area contributed by atoms with E-state index in [0.717, 1.165) is 16.4 Å². The number of aromatic nitrogens is 2. The topological polar surface area (TPSA) is 100 Å². The summed E-state index contributed by atoms with van der Waals surface area (Å²) in [6.07, 6.45) is -2.75. The Bertz CT molecular complexity index is 1730. The van der Waals surface area contributed by atoms with E-state index in [2.05, 4.69) is 10.00 Å². The van der Waals surface area contributed by atoms with Gasteiger partial charge in [0.1, 0.15) is 11.9 Å². The third-order valence-corrected chi connectivity index (χ3v) is 10.5. The average molecular weight is 731 g/mol. The molecule has 2 unspecified atom stereocenters. The Morgan fingerprint density at radius 3 is 2.24 bits per heavy atom. The van der Waals surface area contributed by atoms with Crippen molar-refractivity contribution in [2.75, 3.05) is 64.4 Å². The van der Waals surface area contributed by atoms with Crippen molar-refractivity contribution in [1.82, 2.24) is 24.5 Å². The van der Waals surface area contributed by atoms with Crippen LogP contribution in [0.5, 0.6) is 5.75 Å². The zero-order valence-electron chi connectivity index (χ0n) is 28.9. The van der Waals surface area contributed by atoms with Crippen LogP contribution in [0.3, 0.4) is 0 Å². The molecule has 0 aliphatic carbocycles. The van der Waals surface area contributed by atoms with E-state index in [1.165, 1.54) is 43.2 Å². The third-order valence-electron chi connectivity index (χ3n) is 10.1. The molecule has 4 heterocycles. The molecule has 0 saturated carbocycles. The zero-order valence-corrected chi connectivity index (χ0v) is 29.6. The highest BCUT2D eigenvalue weighted by atomic mass is 35.5. The van der Waals surface area contributed by atoms with E-state index in [1.807, 2.05) is 19.1 Å². The van der Waals surface area contributed by atoms with Crippen LogP contribution >= 0.6 is 11.6 Å². The number of alkyl halides is 3. The van der Waals surface area contributed by atoms with Crippen molar-refractivity contribution in [3.63, 3.8) is 0 Å². The van der Waals surface area contributed by atoms with Gasteiger partial charge in [0.15, 0.2) is 5.69 Å². The Morgan fingerprint density at radius 2 is 1.65 bits per heavy atom. The number of amides is 3. The summed E-state index contributed by atoms with van der Waals surface area (Å²) in [7, 11) is 1.46. The molecule has 15 heteroatoms. The maximum absolute atomic E-state index is 14.3. The second kappa shape index (κ2) is 15.1. The lowest BCUT2D eigenvalue weighted by atomic mass is 10.0. The highest BCUT2D eigenvalue weighted by Crippen LogP contribution is 2.37. The summed E-state index contributed by atoms with van der Waals surface area (Å²) in [5, 5.41) is 4.50.